The number of thioether (sulfide) groups is 1. The van der Waals surface area contributed by atoms with E-state index in [1.807, 2.05) is 30.5 Å². The van der Waals surface area contributed by atoms with E-state index in [0.717, 1.165) is 23.0 Å². The van der Waals surface area contributed by atoms with Crippen molar-refractivity contribution in [1.29, 1.82) is 0 Å². The summed E-state index contributed by atoms with van der Waals surface area (Å²) in [6, 6.07) is 7.60. The molecule has 0 aliphatic rings. The van der Waals surface area contributed by atoms with Crippen LogP contribution >= 0.6 is 29.9 Å². The third kappa shape index (κ3) is 5.98. The Labute approximate surface area is 150 Å². The van der Waals surface area contributed by atoms with Crippen LogP contribution in [-0.2, 0) is 22.0 Å². The van der Waals surface area contributed by atoms with Crippen LogP contribution in [-0.4, -0.2) is 30.5 Å². The summed E-state index contributed by atoms with van der Waals surface area (Å²) in [6.07, 6.45) is 3.54. The minimum absolute atomic E-state index is 0.188. The molecule has 126 valence electrons. The Bertz CT molecular complexity index is 736. The molecule has 0 aliphatic carbocycles. The number of methoxy groups -OCH3 is 1. The van der Waals surface area contributed by atoms with Crippen LogP contribution in [0.3, 0.4) is 0 Å². The van der Waals surface area contributed by atoms with Crippen molar-refractivity contribution in [2.75, 3.05) is 13.4 Å². The summed E-state index contributed by atoms with van der Waals surface area (Å²) in [7, 11) is 5.01. The summed E-state index contributed by atoms with van der Waals surface area (Å²) in [5.41, 5.74) is 1.67. The summed E-state index contributed by atoms with van der Waals surface area (Å²) in [4.78, 5) is 8.58. The van der Waals surface area contributed by atoms with Gasteiger partial charge in [0.05, 0.1) is 7.11 Å². The first-order chi connectivity index (χ1) is 11.6. The molecule has 1 aromatic heterocycles. The molecule has 0 aliphatic heterocycles. The van der Waals surface area contributed by atoms with Crippen LogP contribution < -0.4 is 9.47 Å². The molecule has 1 unspecified atom stereocenters. The van der Waals surface area contributed by atoms with E-state index in [1.165, 1.54) is 11.8 Å². The van der Waals surface area contributed by atoms with Gasteiger partial charge in [-0.1, -0.05) is 0 Å². The van der Waals surface area contributed by atoms with Crippen molar-refractivity contribution in [1.82, 2.24) is 9.97 Å². The monoisotopic (exact) mass is 382 g/mol. The molecule has 1 heterocycles. The summed E-state index contributed by atoms with van der Waals surface area (Å²) >= 11 is 2.26. The third-order valence-electron chi connectivity index (χ3n) is 2.87. The number of nitrogens with zero attached hydrogens (tertiary/aromatic N) is 2. The van der Waals surface area contributed by atoms with Crippen molar-refractivity contribution in [3.05, 3.63) is 41.6 Å². The molecule has 0 N–H and O–H groups in total. The summed E-state index contributed by atoms with van der Waals surface area (Å²) < 4.78 is 27.2. The van der Waals surface area contributed by atoms with Crippen LogP contribution in [0.25, 0.3) is 0 Å². The van der Waals surface area contributed by atoms with E-state index in [0.29, 0.717) is 23.2 Å². The van der Waals surface area contributed by atoms with Crippen molar-refractivity contribution >= 4 is 37.1 Å². The average molecular weight is 382 g/mol. The first-order valence-corrected chi connectivity index (χ1v) is 10.9. The maximum absolute atomic E-state index is 11.0. The summed E-state index contributed by atoms with van der Waals surface area (Å²) in [6.45, 7) is -1.12. The molecule has 0 saturated carbocycles. The molecule has 0 fully saturated rings. The Kier molecular flexibility index (Phi) is 7.85. The van der Waals surface area contributed by atoms with E-state index in [4.69, 9.17) is 13.7 Å². The minimum atomic E-state index is -1.67. The number of hydrogen-bond acceptors (Lipinski definition) is 8. The van der Waals surface area contributed by atoms with Crippen molar-refractivity contribution < 1.29 is 18.2 Å². The van der Waals surface area contributed by atoms with Crippen LogP contribution in [0.15, 0.2) is 35.6 Å². The van der Waals surface area contributed by atoms with Gasteiger partial charge in [-0.3, -0.25) is 0 Å². The molecule has 6 nitrogen and oxygen atoms in total. The Morgan fingerprint density at radius 2 is 2.00 bits per heavy atom. The van der Waals surface area contributed by atoms with Gasteiger partial charge in [-0.05, 0) is 0 Å². The first kappa shape index (κ1) is 19.1. The Hall–Kier alpha value is -1.28. The molecule has 1 atom stereocenters. The first-order valence-electron chi connectivity index (χ1n) is 6.85. The Morgan fingerprint density at radius 3 is 2.62 bits per heavy atom. The third-order valence-corrected chi connectivity index (χ3v) is 4.64. The average Bonchev–Trinajstić information content (AvgIpc) is 2.60. The van der Waals surface area contributed by atoms with Gasteiger partial charge in [0, 0.05) is 0 Å². The quantitative estimate of drug-likeness (QED) is 0.215. The van der Waals surface area contributed by atoms with Gasteiger partial charge in [0.2, 0.25) is 0 Å². The van der Waals surface area contributed by atoms with Crippen molar-refractivity contribution in [3.8, 4) is 11.6 Å². The van der Waals surface area contributed by atoms with Crippen molar-refractivity contribution in [3.63, 3.8) is 0 Å². The molecular formula is C14H16BN2O4PS2. The van der Waals surface area contributed by atoms with Crippen LogP contribution in [0.1, 0.15) is 11.1 Å². The Morgan fingerprint density at radius 1 is 1.25 bits per heavy atom. The number of ether oxygens (including phenoxy) is 2. The van der Waals surface area contributed by atoms with Gasteiger partial charge in [-0.25, -0.2) is 0 Å². The van der Waals surface area contributed by atoms with E-state index in [1.54, 1.807) is 13.3 Å². The van der Waals surface area contributed by atoms with Gasteiger partial charge < -0.3 is 4.74 Å². The fourth-order valence-corrected chi connectivity index (χ4v) is 2.86. The second kappa shape index (κ2) is 9.88. The zero-order chi connectivity index (χ0) is 17.4. The number of rotatable bonds is 9. The molecule has 10 heteroatoms. The fraction of sp³-hybridized carbons (Fsp3) is 0.286. The van der Waals surface area contributed by atoms with Crippen molar-refractivity contribution in [2.45, 2.75) is 18.4 Å². The molecular weight excluding hydrogens is 366 g/mol. The molecule has 0 bridgehead atoms. The number of benzene rings is 1. The molecule has 0 radical (unpaired) electrons. The predicted octanol–water partition coefficient (Wildman–Crippen LogP) is 3.51. The Balaban J connectivity index is 2.07. The van der Waals surface area contributed by atoms with Gasteiger partial charge >= 0.3 is 138 Å². The van der Waals surface area contributed by atoms with E-state index in [2.05, 4.69) is 17.2 Å². The van der Waals surface area contributed by atoms with E-state index < -0.39 is 6.49 Å². The summed E-state index contributed by atoms with van der Waals surface area (Å²) in [5.74, 6) is 1.24. The van der Waals surface area contributed by atoms with E-state index >= 15 is 0 Å². The number of hydrogen-bond donors (Lipinski definition) is 0. The van der Waals surface area contributed by atoms with Crippen LogP contribution in [0, 0.1) is 0 Å². The van der Waals surface area contributed by atoms with Gasteiger partial charge in [0.15, 0.2) is 0 Å². The zero-order valence-electron chi connectivity index (χ0n) is 13.3. The fourth-order valence-electron chi connectivity index (χ4n) is 1.72. The van der Waals surface area contributed by atoms with Gasteiger partial charge in [0.1, 0.15) is 0 Å². The van der Waals surface area contributed by atoms with Crippen LogP contribution in [0.2, 0.25) is 0 Å². The zero-order valence-corrected chi connectivity index (χ0v) is 15.8. The molecule has 0 saturated heterocycles. The van der Waals surface area contributed by atoms with Gasteiger partial charge in [-0.15, -0.1) is 0 Å². The topological polar surface area (TPSA) is 70.5 Å². The van der Waals surface area contributed by atoms with Crippen LogP contribution in [0.4, 0.5) is 0 Å². The number of aromatic nitrogens is 2. The second-order valence-corrected chi connectivity index (χ2v) is 7.99. The molecule has 2 rings (SSSR count). The van der Waals surface area contributed by atoms with E-state index in [-0.39, 0.29) is 6.61 Å². The molecule has 24 heavy (non-hydrogen) atoms. The SMILES string of the molecule is B=P(=O)SOCc1cnc(SC)nc1OCc1ccc(OC)cc1. The standard InChI is InChI=1S/C14H16BN2O4PS2/c1-19-12-5-3-10(4-6-12)8-20-13-11(9-21-24-22(15)18)7-16-14(17-13)23-2/h3-7,15H,8-9H2,1-2H3. The van der Waals surface area contributed by atoms with E-state index in [9.17, 15) is 4.57 Å². The van der Waals surface area contributed by atoms with Crippen LogP contribution in [0.5, 0.6) is 11.6 Å². The maximum atomic E-state index is 11.0. The molecule has 1 aromatic carbocycles. The van der Waals surface area contributed by atoms with Gasteiger partial charge in [-0.2, -0.15) is 0 Å². The van der Waals surface area contributed by atoms with Gasteiger partial charge in [0.25, 0.3) is 0 Å². The molecule has 2 aromatic rings. The molecule has 0 spiro atoms. The van der Waals surface area contributed by atoms with Crippen molar-refractivity contribution in [2.24, 2.45) is 0 Å². The second-order valence-electron chi connectivity index (χ2n) is 4.49. The summed E-state index contributed by atoms with van der Waals surface area (Å²) in [5, 5.41) is 0.611. The normalized spacial score (nSPS) is 11.1. The molecule has 0 amide bonds. The predicted molar refractivity (Wildman–Crippen MR) is 98.3 cm³/mol.